The quantitative estimate of drug-likeness (QED) is 0.799. The third-order valence-corrected chi connectivity index (χ3v) is 3.33. The van der Waals surface area contributed by atoms with Crippen LogP contribution in [0.5, 0.6) is 11.5 Å². The molecule has 0 bridgehead atoms. The average Bonchev–Trinajstić information content (AvgIpc) is 2.54. The third-order valence-electron chi connectivity index (χ3n) is 2.80. The van der Waals surface area contributed by atoms with E-state index in [4.69, 9.17) is 9.47 Å². The minimum atomic E-state index is -0.215. The molecule has 1 amide bonds. The number of anilines is 1. The van der Waals surface area contributed by atoms with Crippen LogP contribution in [0, 0.1) is 0 Å². The summed E-state index contributed by atoms with van der Waals surface area (Å²) in [6.45, 7) is 2.59. The molecular formula is C17H18BrNO3. The minimum absolute atomic E-state index is 0.0669. The number of benzene rings is 2. The van der Waals surface area contributed by atoms with Gasteiger partial charge in [0, 0.05) is 10.2 Å². The van der Waals surface area contributed by atoms with Crippen molar-refractivity contribution in [1.82, 2.24) is 0 Å². The molecule has 0 aliphatic heterocycles. The van der Waals surface area contributed by atoms with E-state index in [-0.39, 0.29) is 12.5 Å². The van der Waals surface area contributed by atoms with Crippen molar-refractivity contribution in [3.8, 4) is 11.5 Å². The van der Waals surface area contributed by atoms with Crippen LogP contribution in [0.2, 0.25) is 0 Å². The van der Waals surface area contributed by atoms with Gasteiger partial charge in [0.25, 0.3) is 5.91 Å². The molecule has 0 aliphatic rings. The summed E-state index contributed by atoms with van der Waals surface area (Å²) in [5.41, 5.74) is 0.729. The molecule has 0 atom stereocenters. The molecule has 0 unspecified atom stereocenters. The number of amides is 1. The summed E-state index contributed by atoms with van der Waals surface area (Å²) < 4.78 is 12.1. The lowest BCUT2D eigenvalue weighted by molar-refractivity contribution is -0.118. The lowest BCUT2D eigenvalue weighted by atomic mass is 10.3. The third kappa shape index (κ3) is 5.07. The molecule has 116 valence electrons. The first kappa shape index (κ1) is 16.4. The first-order chi connectivity index (χ1) is 10.7. The number of hydrogen-bond acceptors (Lipinski definition) is 3. The highest BCUT2D eigenvalue weighted by molar-refractivity contribution is 9.10. The summed E-state index contributed by atoms with van der Waals surface area (Å²) in [6, 6.07) is 14.7. The highest BCUT2D eigenvalue weighted by atomic mass is 79.9. The van der Waals surface area contributed by atoms with Crippen molar-refractivity contribution in [2.24, 2.45) is 0 Å². The van der Waals surface area contributed by atoms with Crippen molar-refractivity contribution in [1.29, 1.82) is 0 Å². The van der Waals surface area contributed by atoms with Crippen LogP contribution < -0.4 is 14.8 Å². The number of rotatable bonds is 7. The molecule has 2 aromatic rings. The molecule has 5 heteroatoms. The fraction of sp³-hybridized carbons (Fsp3) is 0.235. The van der Waals surface area contributed by atoms with Gasteiger partial charge in [-0.15, -0.1) is 0 Å². The number of carbonyl (C=O) groups is 1. The van der Waals surface area contributed by atoms with Crippen molar-refractivity contribution in [3.63, 3.8) is 0 Å². The Morgan fingerprint density at radius 1 is 1.05 bits per heavy atom. The predicted molar refractivity (Wildman–Crippen MR) is 90.5 cm³/mol. The van der Waals surface area contributed by atoms with E-state index < -0.39 is 0 Å². The SMILES string of the molecule is CCCOc1ccccc1OCC(=O)Nc1ccc(Br)cc1. The van der Waals surface area contributed by atoms with Crippen LogP contribution in [0.3, 0.4) is 0 Å². The summed E-state index contributed by atoms with van der Waals surface area (Å²) >= 11 is 3.35. The largest absolute Gasteiger partial charge is 0.490 e. The van der Waals surface area contributed by atoms with Gasteiger partial charge in [-0.1, -0.05) is 35.0 Å². The summed E-state index contributed by atoms with van der Waals surface area (Å²) in [5.74, 6) is 1.01. The Labute approximate surface area is 138 Å². The van der Waals surface area contributed by atoms with Crippen LogP contribution in [-0.4, -0.2) is 19.1 Å². The minimum Gasteiger partial charge on any atom is -0.490 e. The molecule has 0 saturated carbocycles. The zero-order valence-electron chi connectivity index (χ0n) is 12.3. The van der Waals surface area contributed by atoms with Crippen LogP contribution >= 0.6 is 15.9 Å². The normalized spacial score (nSPS) is 10.1. The first-order valence-corrected chi connectivity index (χ1v) is 7.88. The lowest BCUT2D eigenvalue weighted by Gasteiger charge is -2.12. The first-order valence-electron chi connectivity index (χ1n) is 7.09. The summed E-state index contributed by atoms with van der Waals surface area (Å²) in [4.78, 5) is 11.9. The van der Waals surface area contributed by atoms with Crippen LogP contribution in [0.15, 0.2) is 53.0 Å². The molecule has 0 fully saturated rings. The lowest BCUT2D eigenvalue weighted by Crippen LogP contribution is -2.20. The second-order valence-corrected chi connectivity index (χ2v) is 5.55. The molecule has 0 spiro atoms. The maximum Gasteiger partial charge on any atom is 0.262 e. The summed E-state index contributed by atoms with van der Waals surface area (Å²) in [6.07, 6.45) is 0.915. The Balaban J connectivity index is 1.89. The molecule has 0 saturated heterocycles. The Hall–Kier alpha value is -2.01. The maximum absolute atomic E-state index is 11.9. The highest BCUT2D eigenvalue weighted by Crippen LogP contribution is 2.26. The van der Waals surface area contributed by atoms with Crippen LogP contribution in [0.4, 0.5) is 5.69 Å². The zero-order chi connectivity index (χ0) is 15.8. The molecule has 2 aromatic carbocycles. The van der Waals surface area contributed by atoms with Crippen LogP contribution in [-0.2, 0) is 4.79 Å². The van der Waals surface area contributed by atoms with Crippen molar-refractivity contribution in [2.75, 3.05) is 18.5 Å². The van der Waals surface area contributed by atoms with Gasteiger partial charge in [-0.3, -0.25) is 4.79 Å². The molecule has 4 nitrogen and oxygen atoms in total. The number of nitrogens with one attached hydrogen (secondary N) is 1. The van der Waals surface area contributed by atoms with Gasteiger partial charge in [0.2, 0.25) is 0 Å². The van der Waals surface area contributed by atoms with Gasteiger partial charge >= 0.3 is 0 Å². The Morgan fingerprint density at radius 3 is 2.32 bits per heavy atom. The number of para-hydroxylation sites is 2. The number of carbonyl (C=O) groups excluding carboxylic acids is 1. The Morgan fingerprint density at radius 2 is 1.68 bits per heavy atom. The molecule has 1 N–H and O–H groups in total. The van der Waals surface area contributed by atoms with E-state index in [1.165, 1.54) is 0 Å². The van der Waals surface area contributed by atoms with Gasteiger partial charge in [0.05, 0.1) is 6.61 Å². The second-order valence-electron chi connectivity index (χ2n) is 4.64. The van der Waals surface area contributed by atoms with E-state index in [9.17, 15) is 4.79 Å². The highest BCUT2D eigenvalue weighted by Gasteiger charge is 2.07. The summed E-state index contributed by atoms with van der Waals surface area (Å²) in [5, 5.41) is 2.78. The monoisotopic (exact) mass is 363 g/mol. The number of hydrogen-bond donors (Lipinski definition) is 1. The van der Waals surface area contributed by atoms with E-state index in [1.807, 2.05) is 49.4 Å². The average molecular weight is 364 g/mol. The Kier molecular flexibility index (Phi) is 6.27. The smallest absolute Gasteiger partial charge is 0.262 e. The molecule has 0 aliphatic carbocycles. The molecule has 0 radical (unpaired) electrons. The van der Waals surface area contributed by atoms with Crippen LogP contribution in [0.25, 0.3) is 0 Å². The van der Waals surface area contributed by atoms with Gasteiger partial charge in [0.15, 0.2) is 18.1 Å². The van der Waals surface area contributed by atoms with Gasteiger partial charge in [-0.05, 0) is 42.8 Å². The van der Waals surface area contributed by atoms with Crippen molar-refractivity contribution >= 4 is 27.5 Å². The van der Waals surface area contributed by atoms with Crippen molar-refractivity contribution in [3.05, 3.63) is 53.0 Å². The van der Waals surface area contributed by atoms with E-state index in [0.717, 1.165) is 16.6 Å². The van der Waals surface area contributed by atoms with Crippen molar-refractivity contribution < 1.29 is 14.3 Å². The van der Waals surface area contributed by atoms with E-state index in [1.54, 1.807) is 6.07 Å². The predicted octanol–water partition coefficient (Wildman–Crippen LogP) is 4.26. The molecule has 0 heterocycles. The van der Waals surface area contributed by atoms with Crippen LogP contribution in [0.1, 0.15) is 13.3 Å². The van der Waals surface area contributed by atoms with Gasteiger partial charge in [-0.25, -0.2) is 0 Å². The van der Waals surface area contributed by atoms with Gasteiger partial charge < -0.3 is 14.8 Å². The van der Waals surface area contributed by atoms with E-state index >= 15 is 0 Å². The Bertz CT molecular complexity index is 614. The van der Waals surface area contributed by atoms with E-state index in [2.05, 4.69) is 21.2 Å². The maximum atomic E-state index is 11.9. The van der Waals surface area contributed by atoms with E-state index in [0.29, 0.717) is 18.1 Å². The van der Waals surface area contributed by atoms with Gasteiger partial charge in [0.1, 0.15) is 0 Å². The fourth-order valence-corrected chi connectivity index (χ4v) is 2.04. The molecule has 22 heavy (non-hydrogen) atoms. The molecule has 0 aromatic heterocycles. The van der Waals surface area contributed by atoms with Crippen molar-refractivity contribution in [2.45, 2.75) is 13.3 Å². The standard InChI is InChI=1S/C17H18BrNO3/c1-2-11-21-15-5-3-4-6-16(15)22-12-17(20)19-14-9-7-13(18)8-10-14/h3-10H,2,11-12H2,1H3,(H,19,20). The second kappa shape index (κ2) is 8.44. The number of halogens is 1. The topological polar surface area (TPSA) is 47.6 Å². The molecule has 2 rings (SSSR count). The van der Waals surface area contributed by atoms with Gasteiger partial charge in [-0.2, -0.15) is 0 Å². The molecular weight excluding hydrogens is 346 g/mol. The fourth-order valence-electron chi connectivity index (χ4n) is 1.77. The summed E-state index contributed by atoms with van der Waals surface area (Å²) in [7, 11) is 0. The zero-order valence-corrected chi connectivity index (χ0v) is 13.9. The number of ether oxygens (including phenoxy) is 2.